The summed E-state index contributed by atoms with van der Waals surface area (Å²) in [7, 11) is 0. The minimum Gasteiger partial charge on any atom is -0.444 e. The molecule has 2 aliphatic rings. The van der Waals surface area contributed by atoms with Crippen LogP contribution in [0.1, 0.15) is 46.5 Å². The molecule has 22 heavy (non-hydrogen) atoms. The molecule has 1 saturated heterocycles. The Bertz CT molecular complexity index is 442. The van der Waals surface area contributed by atoms with E-state index in [1.54, 1.807) is 6.08 Å². The topological polar surface area (TPSA) is 58.6 Å². The lowest BCUT2D eigenvalue weighted by Gasteiger charge is -2.25. The van der Waals surface area contributed by atoms with Gasteiger partial charge in [0, 0.05) is 31.5 Å². The van der Waals surface area contributed by atoms with Crippen LogP contribution >= 0.6 is 0 Å². The number of alkyl carbamates (subject to hydrolysis) is 1. The number of allylic oxidation sites excluding steroid dienone is 1. The standard InChI is InChI=1S/C17H28N2O3/c1-5-6-7-15(20)19-10-12-8-9-14(13(12)11-19)18-16(21)22-17(2,3)4/h5,12-14H,1,6-11H2,2-4H3,(H,18,21)/t12-,13-,14+/m0/s1. The van der Waals surface area contributed by atoms with Gasteiger partial charge in [-0.05, 0) is 46.0 Å². The Kier molecular flexibility index (Phi) is 5.14. The van der Waals surface area contributed by atoms with E-state index in [4.69, 9.17) is 4.74 Å². The van der Waals surface area contributed by atoms with E-state index in [-0.39, 0.29) is 18.0 Å². The van der Waals surface area contributed by atoms with Crippen LogP contribution in [0.25, 0.3) is 0 Å². The van der Waals surface area contributed by atoms with Crippen molar-refractivity contribution in [2.24, 2.45) is 11.8 Å². The number of hydrogen-bond donors (Lipinski definition) is 1. The van der Waals surface area contributed by atoms with Crippen molar-refractivity contribution in [3.8, 4) is 0 Å². The maximum Gasteiger partial charge on any atom is 0.407 e. The third-order valence-electron chi connectivity index (χ3n) is 4.47. The molecule has 2 fully saturated rings. The van der Waals surface area contributed by atoms with Crippen molar-refractivity contribution in [2.75, 3.05) is 13.1 Å². The number of ether oxygens (including phenoxy) is 1. The van der Waals surface area contributed by atoms with Gasteiger partial charge in [-0.3, -0.25) is 4.79 Å². The summed E-state index contributed by atoms with van der Waals surface area (Å²) in [6, 6.07) is 0.122. The second-order valence-electron chi connectivity index (χ2n) is 7.38. The van der Waals surface area contributed by atoms with Gasteiger partial charge in [-0.2, -0.15) is 0 Å². The Hall–Kier alpha value is -1.52. The number of nitrogens with one attached hydrogen (secondary N) is 1. The van der Waals surface area contributed by atoms with E-state index in [9.17, 15) is 9.59 Å². The molecule has 124 valence electrons. The molecule has 0 unspecified atom stereocenters. The van der Waals surface area contributed by atoms with Crippen LogP contribution < -0.4 is 5.32 Å². The molecule has 3 atom stereocenters. The second kappa shape index (κ2) is 6.71. The van der Waals surface area contributed by atoms with Crippen LogP contribution in [-0.4, -0.2) is 41.6 Å². The van der Waals surface area contributed by atoms with Crippen molar-refractivity contribution in [1.29, 1.82) is 0 Å². The summed E-state index contributed by atoms with van der Waals surface area (Å²) in [5.41, 5.74) is -0.482. The van der Waals surface area contributed by atoms with Gasteiger partial charge in [-0.1, -0.05) is 6.08 Å². The zero-order valence-electron chi connectivity index (χ0n) is 13.9. The average molecular weight is 308 g/mol. The molecular weight excluding hydrogens is 280 g/mol. The number of likely N-dealkylation sites (tertiary alicyclic amines) is 1. The highest BCUT2D eigenvalue weighted by Gasteiger charge is 2.44. The van der Waals surface area contributed by atoms with Crippen LogP contribution in [0.2, 0.25) is 0 Å². The molecule has 0 radical (unpaired) electrons. The predicted molar refractivity (Wildman–Crippen MR) is 85.4 cm³/mol. The molecule has 1 aliphatic carbocycles. The maximum absolute atomic E-state index is 12.1. The number of hydrogen-bond acceptors (Lipinski definition) is 3. The highest BCUT2D eigenvalue weighted by molar-refractivity contribution is 5.76. The average Bonchev–Trinajstić information content (AvgIpc) is 2.96. The van der Waals surface area contributed by atoms with Crippen LogP contribution in [0.15, 0.2) is 12.7 Å². The molecular formula is C17H28N2O3. The lowest BCUT2D eigenvalue weighted by Crippen LogP contribution is -2.42. The fourth-order valence-corrected chi connectivity index (χ4v) is 3.49. The molecule has 0 bridgehead atoms. The van der Waals surface area contributed by atoms with Crippen LogP contribution in [0, 0.1) is 11.8 Å². The van der Waals surface area contributed by atoms with Gasteiger partial charge in [0.05, 0.1) is 0 Å². The first-order valence-electron chi connectivity index (χ1n) is 8.18. The van der Waals surface area contributed by atoms with E-state index in [0.29, 0.717) is 18.3 Å². The molecule has 0 aromatic rings. The van der Waals surface area contributed by atoms with E-state index >= 15 is 0 Å². The van der Waals surface area contributed by atoms with Gasteiger partial charge in [-0.15, -0.1) is 6.58 Å². The van der Waals surface area contributed by atoms with Gasteiger partial charge in [0.15, 0.2) is 0 Å². The molecule has 5 heteroatoms. The third-order valence-corrected chi connectivity index (χ3v) is 4.47. The number of carbonyl (C=O) groups excluding carboxylic acids is 2. The van der Waals surface area contributed by atoms with E-state index < -0.39 is 5.60 Å². The Balaban J connectivity index is 1.86. The van der Waals surface area contributed by atoms with Crippen molar-refractivity contribution in [2.45, 2.75) is 58.1 Å². The predicted octanol–water partition coefficient (Wildman–Crippen LogP) is 2.71. The zero-order chi connectivity index (χ0) is 16.3. The fourth-order valence-electron chi connectivity index (χ4n) is 3.49. The summed E-state index contributed by atoms with van der Waals surface area (Å²) < 4.78 is 5.33. The summed E-state index contributed by atoms with van der Waals surface area (Å²) in [5, 5.41) is 2.99. The maximum atomic E-state index is 12.1. The van der Waals surface area contributed by atoms with E-state index in [2.05, 4.69) is 11.9 Å². The first-order chi connectivity index (χ1) is 10.3. The van der Waals surface area contributed by atoms with Crippen LogP contribution in [0.3, 0.4) is 0 Å². The van der Waals surface area contributed by atoms with Crippen molar-refractivity contribution < 1.29 is 14.3 Å². The van der Waals surface area contributed by atoms with Crippen LogP contribution in [0.4, 0.5) is 4.79 Å². The van der Waals surface area contributed by atoms with Crippen molar-refractivity contribution in [1.82, 2.24) is 10.2 Å². The van der Waals surface area contributed by atoms with Crippen molar-refractivity contribution in [3.63, 3.8) is 0 Å². The molecule has 2 rings (SSSR count). The summed E-state index contributed by atoms with van der Waals surface area (Å²) in [5.74, 6) is 1.07. The lowest BCUT2D eigenvalue weighted by atomic mass is 9.98. The zero-order valence-corrected chi connectivity index (χ0v) is 13.9. The van der Waals surface area contributed by atoms with Gasteiger partial charge < -0.3 is 15.0 Å². The van der Waals surface area contributed by atoms with E-state index in [1.165, 1.54) is 0 Å². The fraction of sp³-hybridized carbons (Fsp3) is 0.765. The molecule has 0 aromatic heterocycles. The normalized spacial score (nSPS) is 27.4. The number of carbonyl (C=O) groups is 2. The van der Waals surface area contributed by atoms with Gasteiger partial charge >= 0.3 is 6.09 Å². The van der Waals surface area contributed by atoms with Crippen LogP contribution in [-0.2, 0) is 9.53 Å². The third kappa shape index (κ3) is 4.24. The highest BCUT2D eigenvalue weighted by Crippen LogP contribution is 2.38. The van der Waals surface area contributed by atoms with Crippen molar-refractivity contribution in [3.05, 3.63) is 12.7 Å². The van der Waals surface area contributed by atoms with Gasteiger partial charge in [0.1, 0.15) is 5.60 Å². The molecule has 1 N–H and O–H groups in total. The summed E-state index contributed by atoms with van der Waals surface area (Å²) >= 11 is 0. The quantitative estimate of drug-likeness (QED) is 0.812. The molecule has 1 saturated carbocycles. The first-order valence-corrected chi connectivity index (χ1v) is 8.18. The van der Waals surface area contributed by atoms with Crippen LogP contribution in [0.5, 0.6) is 0 Å². The molecule has 0 spiro atoms. The molecule has 1 aliphatic heterocycles. The Morgan fingerprint density at radius 2 is 2.05 bits per heavy atom. The molecule has 0 aromatic carbocycles. The summed E-state index contributed by atoms with van der Waals surface area (Å²) in [4.78, 5) is 26.0. The number of amides is 2. The largest absolute Gasteiger partial charge is 0.444 e. The number of rotatable bonds is 4. The minimum absolute atomic E-state index is 0.122. The molecule has 1 heterocycles. The SMILES string of the molecule is C=CCCC(=O)N1C[C@@H]2CC[C@@H](NC(=O)OC(C)(C)C)[C@H]2C1. The monoisotopic (exact) mass is 308 g/mol. The van der Waals surface area contributed by atoms with Gasteiger partial charge in [0.2, 0.25) is 5.91 Å². The van der Waals surface area contributed by atoms with Crippen molar-refractivity contribution >= 4 is 12.0 Å². The summed E-state index contributed by atoms with van der Waals surface area (Å²) in [6.45, 7) is 10.8. The smallest absolute Gasteiger partial charge is 0.407 e. The van der Waals surface area contributed by atoms with E-state index in [1.807, 2.05) is 25.7 Å². The minimum atomic E-state index is -0.482. The number of fused-ring (bicyclic) bond motifs is 1. The summed E-state index contributed by atoms with van der Waals surface area (Å²) in [6.07, 6.45) is 4.73. The second-order valence-corrected chi connectivity index (χ2v) is 7.38. The Morgan fingerprint density at radius 1 is 1.32 bits per heavy atom. The Morgan fingerprint density at radius 3 is 2.68 bits per heavy atom. The highest BCUT2D eigenvalue weighted by atomic mass is 16.6. The lowest BCUT2D eigenvalue weighted by molar-refractivity contribution is -0.130. The first kappa shape index (κ1) is 16.8. The van der Waals surface area contributed by atoms with E-state index in [0.717, 1.165) is 32.4 Å². The van der Waals surface area contributed by atoms with Gasteiger partial charge in [0.25, 0.3) is 0 Å². The molecule has 5 nitrogen and oxygen atoms in total. The molecule has 2 amide bonds. The number of nitrogens with zero attached hydrogens (tertiary/aromatic N) is 1. The van der Waals surface area contributed by atoms with Gasteiger partial charge in [-0.25, -0.2) is 4.79 Å². The Labute approximate surface area is 133 Å².